The van der Waals surface area contributed by atoms with Crippen molar-refractivity contribution < 1.29 is 13.9 Å². The SMILES string of the molecule is C[C@H](NC(c1cc(F)cc(F)c1)C1(O)CCC1)[C@@H](Cc1ccc(Cl)cc1)c1cccc(C#N)c1. The fourth-order valence-electron chi connectivity index (χ4n) is 4.81. The van der Waals surface area contributed by atoms with Crippen molar-refractivity contribution in [3.63, 3.8) is 0 Å². The average Bonchev–Trinajstić information content (AvgIpc) is 2.80. The first-order valence-electron chi connectivity index (χ1n) is 11.5. The molecular formula is C28H27ClF2N2O. The molecule has 3 atom stereocenters. The van der Waals surface area contributed by atoms with E-state index in [2.05, 4.69) is 11.4 Å². The molecule has 0 heterocycles. The van der Waals surface area contributed by atoms with E-state index in [0.717, 1.165) is 23.6 Å². The second kappa shape index (κ2) is 10.2. The van der Waals surface area contributed by atoms with Crippen LogP contribution in [0, 0.1) is 23.0 Å². The highest BCUT2D eigenvalue weighted by Gasteiger charge is 2.44. The Bertz CT molecular complexity index is 1170. The molecule has 0 aliphatic heterocycles. The summed E-state index contributed by atoms with van der Waals surface area (Å²) < 4.78 is 28.1. The summed E-state index contributed by atoms with van der Waals surface area (Å²) in [6.45, 7) is 2.00. The molecule has 3 nitrogen and oxygen atoms in total. The van der Waals surface area contributed by atoms with Gasteiger partial charge in [-0.1, -0.05) is 35.9 Å². The van der Waals surface area contributed by atoms with Crippen molar-refractivity contribution in [1.82, 2.24) is 5.32 Å². The van der Waals surface area contributed by atoms with Crippen molar-refractivity contribution in [2.45, 2.75) is 56.2 Å². The topological polar surface area (TPSA) is 56.0 Å². The highest BCUT2D eigenvalue weighted by atomic mass is 35.5. The Labute approximate surface area is 204 Å². The molecule has 3 aromatic carbocycles. The summed E-state index contributed by atoms with van der Waals surface area (Å²) in [5, 5.41) is 24.8. The maximum atomic E-state index is 14.1. The largest absolute Gasteiger partial charge is 0.388 e. The Morgan fingerprint density at radius 3 is 2.29 bits per heavy atom. The molecule has 0 aromatic heterocycles. The van der Waals surface area contributed by atoms with Gasteiger partial charge in [-0.3, -0.25) is 0 Å². The standard InChI is InChI=1S/C28H27ClF2N2O/c1-18(33-27(28(34)10-3-11-28)22-14-24(30)16-25(31)15-22)26(13-19-6-8-23(29)9-7-19)21-5-2-4-20(12-21)17-32/h2,4-9,12,14-16,18,26-27,33-34H,3,10-11,13H2,1H3/t18-,26+,27?/m0/s1. The quantitative estimate of drug-likeness (QED) is 0.389. The van der Waals surface area contributed by atoms with Crippen LogP contribution in [0.3, 0.4) is 0 Å². The summed E-state index contributed by atoms with van der Waals surface area (Å²) in [4.78, 5) is 0. The van der Waals surface area contributed by atoms with Crippen LogP contribution in [-0.4, -0.2) is 16.7 Å². The zero-order valence-corrected chi connectivity index (χ0v) is 19.7. The van der Waals surface area contributed by atoms with Gasteiger partial charge in [-0.25, -0.2) is 8.78 Å². The van der Waals surface area contributed by atoms with E-state index in [0.29, 0.717) is 35.4 Å². The lowest BCUT2D eigenvalue weighted by molar-refractivity contribution is -0.0695. The highest BCUT2D eigenvalue weighted by molar-refractivity contribution is 6.30. The third kappa shape index (κ3) is 5.47. The Hall–Kier alpha value is -2.78. The first kappa shape index (κ1) is 24.3. The molecule has 4 rings (SSSR count). The molecule has 2 N–H and O–H groups in total. The van der Waals surface area contributed by atoms with Gasteiger partial charge in [0.1, 0.15) is 11.6 Å². The monoisotopic (exact) mass is 480 g/mol. The van der Waals surface area contributed by atoms with Gasteiger partial charge in [0.15, 0.2) is 0 Å². The average molecular weight is 481 g/mol. The number of nitriles is 1. The second-order valence-electron chi connectivity index (χ2n) is 9.22. The lowest BCUT2D eigenvalue weighted by Gasteiger charge is -2.45. The predicted octanol–water partition coefficient (Wildman–Crippen LogP) is 6.45. The Kier molecular flexibility index (Phi) is 7.33. The van der Waals surface area contributed by atoms with Crippen LogP contribution in [0.5, 0.6) is 0 Å². The molecule has 0 radical (unpaired) electrons. The summed E-state index contributed by atoms with van der Waals surface area (Å²) in [6, 6.07) is 19.9. The maximum Gasteiger partial charge on any atom is 0.126 e. The predicted molar refractivity (Wildman–Crippen MR) is 130 cm³/mol. The van der Waals surface area contributed by atoms with Gasteiger partial charge in [0.25, 0.3) is 0 Å². The van der Waals surface area contributed by atoms with E-state index in [-0.39, 0.29) is 12.0 Å². The molecule has 0 amide bonds. The summed E-state index contributed by atoms with van der Waals surface area (Å²) in [6.07, 6.45) is 2.63. The van der Waals surface area contributed by atoms with E-state index >= 15 is 0 Å². The van der Waals surface area contributed by atoms with Crippen LogP contribution >= 0.6 is 11.6 Å². The van der Waals surface area contributed by atoms with E-state index < -0.39 is 23.3 Å². The fourth-order valence-corrected chi connectivity index (χ4v) is 4.93. The van der Waals surface area contributed by atoms with Crippen LogP contribution in [-0.2, 0) is 6.42 Å². The number of rotatable bonds is 8. The molecule has 0 spiro atoms. The van der Waals surface area contributed by atoms with Gasteiger partial charge in [-0.05, 0) is 85.7 Å². The van der Waals surface area contributed by atoms with Gasteiger partial charge >= 0.3 is 0 Å². The molecule has 1 aliphatic rings. The molecule has 0 saturated heterocycles. The van der Waals surface area contributed by atoms with Crippen LogP contribution in [0.2, 0.25) is 5.02 Å². The second-order valence-corrected chi connectivity index (χ2v) is 9.66. The zero-order valence-electron chi connectivity index (χ0n) is 18.9. The van der Waals surface area contributed by atoms with Gasteiger partial charge in [0, 0.05) is 23.0 Å². The number of aliphatic hydroxyl groups is 1. The molecule has 1 saturated carbocycles. The minimum atomic E-state index is -1.08. The van der Waals surface area contributed by atoms with Gasteiger partial charge in [0.05, 0.1) is 23.3 Å². The number of hydrogen-bond donors (Lipinski definition) is 2. The van der Waals surface area contributed by atoms with Gasteiger partial charge in [0.2, 0.25) is 0 Å². The summed E-state index contributed by atoms with van der Waals surface area (Å²) in [7, 11) is 0. The van der Waals surface area contributed by atoms with E-state index in [9.17, 15) is 19.1 Å². The maximum absolute atomic E-state index is 14.1. The van der Waals surface area contributed by atoms with Gasteiger partial charge in [-0.15, -0.1) is 0 Å². The Morgan fingerprint density at radius 2 is 1.71 bits per heavy atom. The van der Waals surface area contributed by atoms with Gasteiger partial charge in [-0.2, -0.15) is 5.26 Å². The van der Waals surface area contributed by atoms with Crippen LogP contribution < -0.4 is 5.32 Å². The Balaban J connectivity index is 1.69. The van der Waals surface area contributed by atoms with E-state index in [1.165, 1.54) is 12.1 Å². The van der Waals surface area contributed by atoms with Crippen molar-refractivity contribution in [3.05, 3.63) is 106 Å². The minimum absolute atomic E-state index is 0.0703. The molecule has 1 aliphatic carbocycles. The van der Waals surface area contributed by atoms with Crippen molar-refractivity contribution in [2.75, 3.05) is 0 Å². The Morgan fingerprint density at radius 1 is 1.03 bits per heavy atom. The smallest absolute Gasteiger partial charge is 0.126 e. The van der Waals surface area contributed by atoms with Crippen molar-refractivity contribution in [1.29, 1.82) is 5.26 Å². The molecule has 1 unspecified atom stereocenters. The van der Waals surface area contributed by atoms with E-state index in [4.69, 9.17) is 11.6 Å². The van der Waals surface area contributed by atoms with Crippen LogP contribution in [0.25, 0.3) is 0 Å². The van der Waals surface area contributed by atoms with Crippen LogP contribution in [0.15, 0.2) is 66.7 Å². The van der Waals surface area contributed by atoms with Crippen LogP contribution in [0.4, 0.5) is 8.78 Å². The third-order valence-electron chi connectivity index (χ3n) is 6.82. The lowest BCUT2D eigenvalue weighted by Crippen LogP contribution is -2.52. The molecule has 176 valence electrons. The first-order valence-corrected chi connectivity index (χ1v) is 11.8. The minimum Gasteiger partial charge on any atom is -0.388 e. The molecule has 3 aromatic rings. The van der Waals surface area contributed by atoms with Crippen LogP contribution in [0.1, 0.15) is 60.4 Å². The lowest BCUT2D eigenvalue weighted by atomic mass is 9.71. The highest BCUT2D eigenvalue weighted by Crippen LogP contribution is 2.43. The number of hydrogen-bond acceptors (Lipinski definition) is 3. The van der Waals surface area contributed by atoms with E-state index in [1.54, 1.807) is 6.07 Å². The molecular weight excluding hydrogens is 454 g/mol. The first-order chi connectivity index (χ1) is 16.3. The number of nitrogens with zero attached hydrogens (tertiary/aromatic N) is 1. The molecule has 34 heavy (non-hydrogen) atoms. The summed E-state index contributed by atoms with van der Waals surface area (Å²) in [5.41, 5.74) is 1.92. The number of halogens is 3. The normalized spacial score (nSPS) is 17.3. The van der Waals surface area contributed by atoms with Crippen molar-refractivity contribution in [2.24, 2.45) is 0 Å². The van der Waals surface area contributed by atoms with Crippen molar-refractivity contribution in [3.8, 4) is 6.07 Å². The molecule has 0 bridgehead atoms. The van der Waals surface area contributed by atoms with Crippen molar-refractivity contribution >= 4 is 11.6 Å². The summed E-state index contributed by atoms with van der Waals surface area (Å²) in [5.74, 6) is -1.41. The number of nitrogens with one attached hydrogen (secondary N) is 1. The fraction of sp³-hybridized carbons (Fsp3) is 0.321. The zero-order chi connectivity index (χ0) is 24.3. The van der Waals surface area contributed by atoms with E-state index in [1.807, 2.05) is 49.4 Å². The summed E-state index contributed by atoms with van der Waals surface area (Å²) >= 11 is 6.06. The third-order valence-corrected chi connectivity index (χ3v) is 7.07. The molecule has 6 heteroatoms. The molecule has 1 fully saturated rings. The number of benzene rings is 3. The van der Waals surface area contributed by atoms with Gasteiger partial charge < -0.3 is 10.4 Å².